The van der Waals surface area contributed by atoms with E-state index in [9.17, 15) is 0 Å². The van der Waals surface area contributed by atoms with Gasteiger partial charge in [-0.05, 0) is 13.8 Å². The van der Waals surface area contributed by atoms with Gasteiger partial charge in [-0.15, -0.1) is 0 Å². The number of hydrogen-bond acceptors (Lipinski definition) is 0. The predicted molar refractivity (Wildman–Crippen MR) is 77.8 cm³/mol. The molecule has 0 nitrogen and oxygen atoms in total. The average molecular weight is 233 g/mol. The van der Waals surface area contributed by atoms with E-state index in [1.165, 1.54) is 0 Å². The Morgan fingerprint density at radius 1 is 1.06 bits per heavy atom. The smallest absolute Gasteiger partial charge is 0.182 e. The lowest BCUT2D eigenvalue weighted by atomic mass is 9.60. The second kappa shape index (κ2) is 9.05. The van der Waals surface area contributed by atoms with Crippen molar-refractivity contribution < 1.29 is 0 Å². The minimum atomic E-state index is -0.157. The molecule has 0 atom stereocenters. The number of rotatable bonds is 6. The van der Waals surface area contributed by atoms with E-state index >= 15 is 0 Å². The molecule has 0 aromatic rings. The standard InChI is InChI=1S/C14H18BCl/c1-5-9-12-13(8-4)15(16)14(10-6-2)11-7-3/h5-12H,1-2H2,3-4H3/b11-7-,12-9-,13-8+,14-10+. The van der Waals surface area contributed by atoms with E-state index < -0.39 is 0 Å². The summed E-state index contributed by atoms with van der Waals surface area (Å²) in [5, 5.41) is 0. The summed E-state index contributed by atoms with van der Waals surface area (Å²) in [5.41, 5.74) is 2.08. The van der Waals surface area contributed by atoms with Gasteiger partial charge in [-0.1, -0.05) is 72.7 Å². The van der Waals surface area contributed by atoms with Crippen LogP contribution in [-0.2, 0) is 0 Å². The summed E-state index contributed by atoms with van der Waals surface area (Å²) in [6, 6.07) is 0. The first-order chi connectivity index (χ1) is 7.71. The van der Waals surface area contributed by atoms with Crippen molar-refractivity contribution in [3.05, 3.63) is 72.7 Å². The van der Waals surface area contributed by atoms with Gasteiger partial charge < -0.3 is 0 Å². The Kier molecular flexibility index (Phi) is 8.37. The Morgan fingerprint density at radius 3 is 2.19 bits per heavy atom. The van der Waals surface area contributed by atoms with E-state index in [0.29, 0.717) is 0 Å². The van der Waals surface area contributed by atoms with Gasteiger partial charge in [0.25, 0.3) is 0 Å². The first-order valence-corrected chi connectivity index (χ1v) is 5.69. The molecule has 0 aliphatic rings. The molecule has 0 heterocycles. The maximum atomic E-state index is 6.39. The van der Waals surface area contributed by atoms with E-state index in [0.717, 1.165) is 10.9 Å². The molecular formula is C14H18BCl. The summed E-state index contributed by atoms with van der Waals surface area (Å²) in [7, 11) is 0. The van der Waals surface area contributed by atoms with E-state index in [1.807, 2.05) is 50.3 Å². The van der Waals surface area contributed by atoms with Crippen molar-refractivity contribution in [3.63, 3.8) is 0 Å². The molecule has 0 spiro atoms. The topological polar surface area (TPSA) is 0 Å². The highest BCUT2D eigenvalue weighted by molar-refractivity contribution is 7.15. The maximum absolute atomic E-state index is 6.39. The van der Waals surface area contributed by atoms with Crippen LogP contribution >= 0.6 is 11.5 Å². The normalized spacial score (nSPS) is 13.4. The van der Waals surface area contributed by atoms with Crippen LogP contribution in [0.5, 0.6) is 0 Å². The zero-order valence-corrected chi connectivity index (χ0v) is 10.7. The Morgan fingerprint density at radius 2 is 1.75 bits per heavy atom. The lowest BCUT2D eigenvalue weighted by Gasteiger charge is -2.07. The second-order valence-electron chi connectivity index (χ2n) is 3.15. The third-order valence-electron chi connectivity index (χ3n) is 2.01. The molecule has 0 fully saturated rings. The Labute approximate surface area is 104 Å². The van der Waals surface area contributed by atoms with Crippen LogP contribution in [0.15, 0.2) is 72.7 Å². The summed E-state index contributed by atoms with van der Waals surface area (Å²) < 4.78 is 0. The van der Waals surface area contributed by atoms with Crippen LogP contribution < -0.4 is 0 Å². The molecular weight excluding hydrogens is 214 g/mol. The van der Waals surface area contributed by atoms with Crippen LogP contribution in [-0.4, -0.2) is 6.13 Å². The Balaban J connectivity index is 5.04. The third-order valence-corrected chi connectivity index (χ3v) is 2.52. The van der Waals surface area contributed by atoms with Gasteiger partial charge >= 0.3 is 6.13 Å². The van der Waals surface area contributed by atoms with Crippen molar-refractivity contribution in [1.82, 2.24) is 0 Å². The van der Waals surface area contributed by atoms with Crippen molar-refractivity contribution in [1.29, 1.82) is 0 Å². The molecule has 0 saturated carbocycles. The van der Waals surface area contributed by atoms with Gasteiger partial charge in [0.15, 0.2) is 0 Å². The SMILES string of the molecule is C=C/C=C\C(=C/C)B(Cl)C(/C=C\C)=C/C=C. The molecule has 2 heteroatoms. The van der Waals surface area contributed by atoms with Crippen LogP contribution in [0.1, 0.15) is 13.8 Å². The van der Waals surface area contributed by atoms with Gasteiger partial charge in [0.1, 0.15) is 0 Å². The maximum Gasteiger partial charge on any atom is 0.315 e. The summed E-state index contributed by atoms with van der Waals surface area (Å²) in [4.78, 5) is 0. The summed E-state index contributed by atoms with van der Waals surface area (Å²) in [5.74, 6) is 0. The van der Waals surface area contributed by atoms with Gasteiger partial charge in [0, 0.05) is 0 Å². The van der Waals surface area contributed by atoms with E-state index in [1.54, 1.807) is 12.2 Å². The Hall–Kier alpha value is -1.21. The van der Waals surface area contributed by atoms with Gasteiger partial charge in [0.2, 0.25) is 0 Å². The van der Waals surface area contributed by atoms with Gasteiger partial charge in [-0.3, -0.25) is 0 Å². The Bertz CT molecular complexity index is 346. The van der Waals surface area contributed by atoms with Crippen molar-refractivity contribution in [2.24, 2.45) is 0 Å². The molecule has 0 aliphatic heterocycles. The lowest BCUT2D eigenvalue weighted by Crippen LogP contribution is -2.10. The van der Waals surface area contributed by atoms with Gasteiger partial charge in [0.05, 0.1) is 0 Å². The van der Waals surface area contributed by atoms with E-state index in [4.69, 9.17) is 11.5 Å². The van der Waals surface area contributed by atoms with Crippen molar-refractivity contribution in [2.75, 3.05) is 0 Å². The molecule has 84 valence electrons. The molecule has 0 bridgehead atoms. The van der Waals surface area contributed by atoms with Crippen LogP contribution in [0.2, 0.25) is 0 Å². The predicted octanol–water partition coefficient (Wildman–Crippen LogP) is 4.67. The van der Waals surface area contributed by atoms with Gasteiger partial charge in [-0.25, -0.2) is 0 Å². The fraction of sp³-hybridized carbons (Fsp3) is 0.143. The van der Waals surface area contributed by atoms with Crippen LogP contribution in [0.3, 0.4) is 0 Å². The zero-order chi connectivity index (χ0) is 12.4. The molecule has 0 saturated heterocycles. The third kappa shape index (κ3) is 5.04. The quantitative estimate of drug-likeness (QED) is 0.461. The minimum absolute atomic E-state index is 0.157. The fourth-order valence-electron chi connectivity index (χ4n) is 1.25. The van der Waals surface area contributed by atoms with Crippen LogP contribution in [0.25, 0.3) is 0 Å². The highest BCUT2D eigenvalue weighted by Gasteiger charge is 2.16. The molecule has 0 rings (SSSR count). The molecule has 0 aliphatic carbocycles. The molecule has 0 aromatic heterocycles. The molecule has 0 radical (unpaired) electrons. The summed E-state index contributed by atoms with van der Waals surface area (Å²) in [6.45, 7) is 11.3. The lowest BCUT2D eigenvalue weighted by molar-refractivity contribution is 1.65. The number of allylic oxidation sites excluding steroid dienone is 10. The monoisotopic (exact) mass is 232 g/mol. The number of hydrogen-bond donors (Lipinski definition) is 0. The molecule has 0 aromatic carbocycles. The average Bonchev–Trinajstić information content (AvgIpc) is 2.29. The first-order valence-electron chi connectivity index (χ1n) is 5.25. The van der Waals surface area contributed by atoms with Crippen LogP contribution in [0.4, 0.5) is 0 Å². The van der Waals surface area contributed by atoms with Crippen LogP contribution in [0, 0.1) is 0 Å². The second-order valence-corrected chi connectivity index (χ2v) is 3.58. The highest BCUT2D eigenvalue weighted by Crippen LogP contribution is 2.17. The molecule has 16 heavy (non-hydrogen) atoms. The molecule has 0 N–H and O–H groups in total. The number of halogens is 1. The van der Waals surface area contributed by atoms with Crippen molar-refractivity contribution >= 4 is 17.6 Å². The van der Waals surface area contributed by atoms with Gasteiger partial charge in [-0.2, -0.15) is 11.5 Å². The van der Waals surface area contributed by atoms with E-state index in [-0.39, 0.29) is 6.13 Å². The summed E-state index contributed by atoms with van der Waals surface area (Å²) >= 11 is 6.39. The minimum Gasteiger partial charge on any atom is -0.182 e. The van der Waals surface area contributed by atoms with Crippen molar-refractivity contribution in [2.45, 2.75) is 13.8 Å². The molecule has 0 unspecified atom stereocenters. The van der Waals surface area contributed by atoms with Crippen molar-refractivity contribution in [3.8, 4) is 0 Å². The fourth-order valence-corrected chi connectivity index (χ4v) is 1.60. The molecule has 0 amide bonds. The zero-order valence-electron chi connectivity index (χ0n) is 9.99. The largest absolute Gasteiger partial charge is 0.315 e. The highest BCUT2D eigenvalue weighted by atomic mass is 35.5. The van der Waals surface area contributed by atoms with E-state index in [2.05, 4.69) is 13.2 Å². The first kappa shape index (κ1) is 14.8. The summed E-state index contributed by atoms with van der Waals surface area (Å²) in [6.07, 6.45) is 15.0.